The fourth-order valence-electron chi connectivity index (χ4n) is 2.88. The summed E-state index contributed by atoms with van der Waals surface area (Å²) in [6.45, 7) is 3.73. The van der Waals surface area contributed by atoms with Gasteiger partial charge < -0.3 is 9.64 Å². The van der Waals surface area contributed by atoms with E-state index in [4.69, 9.17) is 4.74 Å². The van der Waals surface area contributed by atoms with Crippen molar-refractivity contribution in [3.8, 4) is 0 Å². The van der Waals surface area contributed by atoms with Crippen molar-refractivity contribution < 1.29 is 13.9 Å². The number of carbonyl (C=O) groups excluding carboxylic acids is 1. The first-order chi connectivity index (χ1) is 9.15. The molecule has 1 heterocycles. The van der Waals surface area contributed by atoms with Gasteiger partial charge in [0.05, 0.1) is 24.7 Å². The quantitative estimate of drug-likeness (QED) is 0.818. The minimum absolute atomic E-state index is 0.0633. The maximum Gasteiger partial charge on any atom is 0.233 e. The van der Waals surface area contributed by atoms with Crippen molar-refractivity contribution in [2.24, 2.45) is 0 Å². The zero-order valence-electron chi connectivity index (χ0n) is 11.1. The van der Waals surface area contributed by atoms with E-state index in [9.17, 15) is 9.18 Å². The van der Waals surface area contributed by atoms with Crippen molar-refractivity contribution in [3.05, 3.63) is 35.6 Å². The van der Waals surface area contributed by atoms with Gasteiger partial charge in [0.25, 0.3) is 0 Å². The van der Waals surface area contributed by atoms with E-state index in [0.29, 0.717) is 25.3 Å². The van der Waals surface area contributed by atoms with Crippen molar-refractivity contribution in [3.63, 3.8) is 0 Å². The minimum Gasteiger partial charge on any atom is -0.377 e. The van der Waals surface area contributed by atoms with Crippen LogP contribution >= 0.6 is 0 Å². The van der Waals surface area contributed by atoms with Gasteiger partial charge in [0, 0.05) is 12.1 Å². The topological polar surface area (TPSA) is 29.5 Å². The first-order valence-corrected chi connectivity index (χ1v) is 6.79. The van der Waals surface area contributed by atoms with Crippen molar-refractivity contribution in [2.45, 2.75) is 31.2 Å². The molecule has 3 nitrogen and oxygen atoms in total. The molecule has 1 aromatic carbocycles. The highest BCUT2D eigenvalue weighted by Crippen LogP contribution is 2.50. The highest BCUT2D eigenvalue weighted by atomic mass is 19.1. The highest BCUT2D eigenvalue weighted by Gasteiger charge is 2.55. The Labute approximate surface area is 112 Å². The van der Waals surface area contributed by atoms with Crippen LogP contribution in [0.25, 0.3) is 0 Å². The van der Waals surface area contributed by atoms with Crippen LogP contribution in [0.2, 0.25) is 0 Å². The molecule has 1 saturated carbocycles. The standard InChI is InChI=1S/C15H18FNO2/c1-11-10-19-9-8-17(11)14(18)15(6-7-15)12-4-2-3-5-13(12)16/h2-5,11H,6-10H2,1H3. The summed E-state index contributed by atoms with van der Waals surface area (Å²) in [7, 11) is 0. The molecule has 1 aliphatic heterocycles. The Bertz CT molecular complexity index is 499. The fraction of sp³-hybridized carbons (Fsp3) is 0.533. The predicted octanol–water partition coefficient (Wildman–Crippen LogP) is 2.10. The third-order valence-electron chi connectivity index (χ3n) is 4.18. The average Bonchev–Trinajstić information content (AvgIpc) is 3.20. The van der Waals surface area contributed by atoms with Crippen molar-refractivity contribution >= 4 is 5.91 Å². The van der Waals surface area contributed by atoms with E-state index in [-0.39, 0.29) is 17.8 Å². The SMILES string of the molecule is CC1COCCN1C(=O)C1(c2ccccc2F)CC1. The zero-order chi connectivity index (χ0) is 13.5. The van der Waals surface area contributed by atoms with Gasteiger partial charge in [-0.15, -0.1) is 0 Å². The molecule has 1 amide bonds. The molecule has 0 spiro atoms. The maximum absolute atomic E-state index is 14.0. The van der Waals surface area contributed by atoms with E-state index in [0.717, 1.165) is 12.8 Å². The van der Waals surface area contributed by atoms with Gasteiger partial charge in [-0.3, -0.25) is 4.79 Å². The number of halogens is 1. The van der Waals surface area contributed by atoms with Gasteiger partial charge in [-0.25, -0.2) is 4.39 Å². The molecule has 1 unspecified atom stereocenters. The largest absolute Gasteiger partial charge is 0.377 e. The molecule has 2 fully saturated rings. The first-order valence-electron chi connectivity index (χ1n) is 6.79. The number of benzene rings is 1. The Hall–Kier alpha value is -1.42. The number of rotatable bonds is 2. The van der Waals surface area contributed by atoms with Crippen molar-refractivity contribution in [1.82, 2.24) is 4.90 Å². The van der Waals surface area contributed by atoms with Gasteiger partial charge >= 0.3 is 0 Å². The summed E-state index contributed by atoms with van der Waals surface area (Å²) in [4.78, 5) is 14.6. The highest BCUT2D eigenvalue weighted by molar-refractivity contribution is 5.91. The van der Waals surface area contributed by atoms with Crippen LogP contribution in [0.1, 0.15) is 25.3 Å². The van der Waals surface area contributed by atoms with Crippen LogP contribution in [0.3, 0.4) is 0 Å². The second kappa shape index (κ2) is 4.60. The summed E-state index contributed by atoms with van der Waals surface area (Å²) in [5.74, 6) is -0.206. The predicted molar refractivity (Wildman–Crippen MR) is 69.3 cm³/mol. The Morgan fingerprint density at radius 2 is 2.16 bits per heavy atom. The second-order valence-electron chi connectivity index (χ2n) is 5.48. The van der Waals surface area contributed by atoms with Crippen LogP contribution < -0.4 is 0 Å². The Kier molecular flexibility index (Phi) is 3.05. The van der Waals surface area contributed by atoms with Crippen LogP contribution in [0.15, 0.2) is 24.3 Å². The van der Waals surface area contributed by atoms with Crippen molar-refractivity contribution in [1.29, 1.82) is 0 Å². The smallest absolute Gasteiger partial charge is 0.233 e. The molecule has 4 heteroatoms. The molecule has 1 atom stereocenters. The molecular weight excluding hydrogens is 245 g/mol. The monoisotopic (exact) mass is 263 g/mol. The second-order valence-corrected chi connectivity index (χ2v) is 5.48. The van der Waals surface area contributed by atoms with E-state index < -0.39 is 5.41 Å². The third-order valence-corrected chi connectivity index (χ3v) is 4.18. The number of ether oxygens (including phenoxy) is 1. The minimum atomic E-state index is -0.614. The normalized spacial score (nSPS) is 25.2. The lowest BCUT2D eigenvalue weighted by Crippen LogP contribution is -2.51. The van der Waals surface area contributed by atoms with Gasteiger partial charge in [0.15, 0.2) is 0 Å². The molecule has 1 aromatic rings. The van der Waals surface area contributed by atoms with Crippen LogP contribution in [0.4, 0.5) is 4.39 Å². The number of morpholine rings is 1. The lowest BCUT2D eigenvalue weighted by molar-refractivity contribution is -0.142. The molecular formula is C15H18FNO2. The molecule has 0 bridgehead atoms. The van der Waals surface area contributed by atoms with Crippen LogP contribution in [-0.4, -0.2) is 36.6 Å². The molecule has 2 aliphatic rings. The Morgan fingerprint density at radius 3 is 2.79 bits per heavy atom. The van der Waals surface area contributed by atoms with Crippen molar-refractivity contribution in [2.75, 3.05) is 19.8 Å². The molecule has 19 heavy (non-hydrogen) atoms. The lowest BCUT2D eigenvalue weighted by atomic mass is 9.93. The fourth-order valence-corrected chi connectivity index (χ4v) is 2.88. The molecule has 3 rings (SSSR count). The molecule has 1 saturated heterocycles. The van der Waals surface area contributed by atoms with E-state index in [2.05, 4.69) is 0 Å². The van der Waals surface area contributed by atoms with Gasteiger partial charge in [-0.1, -0.05) is 18.2 Å². The molecule has 0 radical (unpaired) electrons. The van der Waals surface area contributed by atoms with Gasteiger partial charge in [-0.2, -0.15) is 0 Å². The first kappa shape index (κ1) is 12.6. The number of amides is 1. The summed E-state index contributed by atoms with van der Waals surface area (Å²) in [5.41, 5.74) is -0.0598. The number of carbonyl (C=O) groups is 1. The van der Waals surface area contributed by atoms with E-state index in [1.54, 1.807) is 18.2 Å². The summed E-state index contributed by atoms with van der Waals surface area (Å²) in [6.07, 6.45) is 1.49. The number of hydrogen-bond donors (Lipinski definition) is 0. The van der Waals surface area contributed by atoms with E-state index in [1.807, 2.05) is 11.8 Å². The van der Waals surface area contributed by atoms with Gasteiger partial charge in [0.1, 0.15) is 5.82 Å². The summed E-state index contributed by atoms with van der Waals surface area (Å²) in [6, 6.07) is 6.72. The summed E-state index contributed by atoms with van der Waals surface area (Å²) in [5, 5.41) is 0. The third kappa shape index (κ3) is 2.04. The molecule has 0 aromatic heterocycles. The number of nitrogens with zero attached hydrogens (tertiary/aromatic N) is 1. The van der Waals surface area contributed by atoms with Gasteiger partial charge in [0.2, 0.25) is 5.91 Å². The van der Waals surface area contributed by atoms with Gasteiger partial charge in [-0.05, 0) is 25.8 Å². The molecule has 1 aliphatic carbocycles. The van der Waals surface area contributed by atoms with Crippen LogP contribution in [0.5, 0.6) is 0 Å². The Balaban J connectivity index is 1.89. The average molecular weight is 263 g/mol. The van der Waals surface area contributed by atoms with Crippen LogP contribution in [-0.2, 0) is 14.9 Å². The summed E-state index contributed by atoms with van der Waals surface area (Å²) < 4.78 is 19.3. The zero-order valence-corrected chi connectivity index (χ0v) is 11.1. The summed E-state index contributed by atoms with van der Waals surface area (Å²) >= 11 is 0. The van der Waals surface area contributed by atoms with Crippen LogP contribution in [0, 0.1) is 5.82 Å². The molecule has 0 N–H and O–H groups in total. The van der Waals surface area contributed by atoms with E-state index >= 15 is 0 Å². The molecule has 102 valence electrons. The lowest BCUT2D eigenvalue weighted by Gasteiger charge is -2.36. The Morgan fingerprint density at radius 1 is 1.42 bits per heavy atom. The number of hydrogen-bond acceptors (Lipinski definition) is 2. The van der Waals surface area contributed by atoms with E-state index in [1.165, 1.54) is 6.07 Å². The maximum atomic E-state index is 14.0.